The number of esters is 2. The van der Waals surface area contributed by atoms with Crippen LogP contribution in [0.15, 0.2) is 6.07 Å². The van der Waals surface area contributed by atoms with Gasteiger partial charge in [0.05, 0.1) is 14.2 Å². The van der Waals surface area contributed by atoms with Crippen molar-refractivity contribution in [3.8, 4) is 11.5 Å². The Bertz CT molecular complexity index is 490. The number of hydrogen-bond donors (Lipinski definition) is 0. The van der Waals surface area contributed by atoms with Gasteiger partial charge in [0.1, 0.15) is 22.6 Å². The molecule has 5 nitrogen and oxygen atoms in total. The van der Waals surface area contributed by atoms with Gasteiger partial charge < -0.3 is 14.2 Å². The van der Waals surface area contributed by atoms with Crippen LogP contribution in [0.3, 0.4) is 0 Å². The largest absolute Gasteiger partial charge is 0.496 e. The molecular weight excluding hydrogens is 212 g/mol. The maximum Gasteiger partial charge on any atom is 0.350 e. The number of rotatable bonds is 2. The zero-order valence-corrected chi connectivity index (χ0v) is 9.12. The lowest BCUT2D eigenvalue weighted by Crippen LogP contribution is -2.02. The quantitative estimate of drug-likeness (QED) is 0.558. The molecule has 16 heavy (non-hydrogen) atoms. The smallest absolute Gasteiger partial charge is 0.350 e. The van der Waals surface area contributed by atoms with Crippen molar-refractivity contribution in [2.75, 3.05) is 14.2 Å². The minimum atomic E-state index is -0.699. The molecule has 0 aliphatic carbocycles. The number of aryl methyl sites for hydroxylation is 1. The van der Waals surface area contributed by atoms with E-state index in [2.05, 4.69) is 4.74 Å². The molecule has 0 unspecified atom stereocenters. The van der Waals surface area contributed by atoms with Crippen LogP contribution in [-0.4, -0.2) is 26.2 Å². The number of methoxy groups -OCH3 is 2. The summed E-state index contributed by atoms with van der Waals surface area (Å²) in [6.07, 6.45) is 0. The molecule has 1 aliphatic rings. The SMILES string of the molecule is COc1cc(C)c(OC)c2c1C(=O)OC2=O. The summed E-state index contributed by atoms with van der Waals surface area (Å²) in [5.74, 6) is -0.718. The van der Waals surface area contributed by atoms with Gasteiger partial charge in [-0.2, -0.15) is 0 Å². The molecule has 0 atom stereocenters. The summed E-state index contributed by atoms with van der Waals surface area (Å²) in [5.41, 5.74) is 0.990. The molecule has 0 saturated carbocycles. The van der Waals surface area contributed by atoms with Crippen LogP contribution in [-0.2, 0) is 4.74 Å². The molecule has 1 aliphatic heterocycles. The van der Waals surface area contributed by atoms with Gasteiger partial charge in [-0.3, -0.25) is 0 Å². The van der Waals surface area contributed by atoms with Gasteiger partial charge >= 0.3 is 11.9 Å². The zero-order chi connectivity index (χ0) is 11.9. The van der Waals surface area contributed by atoms with E-state index >= 15 is 0 Å². The lowest BCUT2D eigenvalue weighted by molar-refractivity contribution is 0.0442. The van der Waals surface area contributed by atoms with Crippen LogP contribution in [0.1, 0.15) is 26.3 Å². The Morgan fingerprint density at radius 3 is 2.25 bits per heavy atom. The Hall–Kier alpha value is -2.04. The minimum absolute atomic E-state index is 0.134. The predicted molar refractivity (Wildman–Crippen MR) is 54.0 cm³/mol. The topological polar surface area (TPSA) is 61.8 Å². The van der Waals surface area contributed by atoms with Gasteiger partial charge in [-0.1, -0.05) is 0 Å². The van der Waals surface area contributed by atoms with Gasteiger partial charge in [-0.25, -0.2) is 9.59 Å². The van der Waals surface area contributed by atoms with Gasteiger partial charge in [-0.05, 0) is 18.6 Å². The third-order valence-electron chi connectivity index (χ3n) is 2.45. The minimum Gasteiger partial charge on any atom is -0.496 e. The van der Waals surface area contributed by atoms with Crippen molar-refractivity contribution in [2.45, 2.75) is 6.92 Å². The second-order valence-electron chi connectivity index (χ2n) is 3.36. The third kappa shape index (κ3) is 1.25. The summed E-state index contributed by atoms with van der Waals surface area (Å²) >= 11 is 0. The molecule has 5 heteroatoms. The average Bonchev–Trinajstić information content (AvgIpc) is 2.54. The lowest BCUT2D eigenvalue weighted by Gasteiger charge is -2.10. The van der Waals surface area contributed by atoms with Crippen LogP contribution in [0.4, 0.5) is 0 Å². The van der Waals surface area contributed by atoms with E-state index in [1.54, 1.807) is 13.0 Å². The van der Waals surface area contributed by atoms with Crippen molar-refractivity contribution < 1.29 is 23.8 Å². The van der Waals surface area contributed by atoms with E-state index in [1.807, 2.05) is 0 Å². The molecule has 0 amide bonds. The highest BCUT2D eigenvalue weighted by atomic mass is 16.6. The maximum absolute atomic E-state index is 11.5. The molecule has 1 heterocycles. The molecule has 0 N–H and O–H groups in total. The number of carbonyl (C=O) groups excluding carboxylic acids is 2. The number of cyclic esters (lactones) is 2. The lowest BCUT2D eigenvalue weighted by atomic mass is 10.0. The van der Waals surface area contributed by atoms with Gasteiger partial charge in [0.25, 0.3) is 0 Å². The van der Waals surface area contributed by atoms with Crippen LogP contribution < -0.4 is 9.47 Å². The predicted octanol–water partition coefficient (Wildman–Crippen LogP) is 1.32. The normalized spacial score (nSPS) is 13.4. The standard InChI is InChI=1S/C11H10O5/c1-5-4-6(14-2)7-8(9(5)15-3)11(13)16-10(7)12/h4H,1-3H3. The molecule has 0 bridgehead atoms. The van der Waals surface area contributed by atoms with Crippen LogP contribution in [0.2, 0.25) is 0 Å². The molecular formula is C11H10O5. The maximum atomic E-state index is 11.5. The number of ether oxygens (including phenoxy) is 3. The third-order valence-corrected chi connectivity index (χ3v) is 2.45. The summed E-state index contributed by atoms with van der Waals surface area (Å²) in [5, 5.41) is 0. The van der Waals surface area contributed by atoms with E-state index in [4.69, 9.17) is 9.47 Å². The zero-order valence-electron chi connectivity index (χ0n) is 9.12. The molecule has 0 fully saturated rings. The van der Waals surface area contributed by atoms with Crippen molar-refractivity contribution in [1.82, 2.24) is 0 Å². The summed E-state index contributed by atoms with van der Waals surface area (Å²) in [4.78, 5) is 23.0. The Morgan fingerprint density at radius 2 is 1.69 bits per heavy atom. The van der Waals surface area contributed by atoms with Crippen molar-refractivity contribution in [3.63, 3.8) is 0 Å². The molecule has 0 aromatic heterocycles. The first kappa shape index (κ1) is 10.5. The molecule has 0 saturated heterocycles. The van der Waals surface area contributed by atoms with Crippen molar-refractivity contribution in [2.24, 2.45) is 0 Å². The Kier molecular flexibility index (Phi) is 2.30. The van der Waals surface area contributed by atoms with E-state index < -0.39 is 11.9 Å². The van der Waals surface area contributed by atoms with E-state index in [0.717, 1.165) is 0 Å². The Labute approximate surface area is 91.9 Å². The van der Waals surface area contributed by atoms with Gasteiger partial charge in [-0.15, -0.1) is 0 Å². The summed E-state index contributed by atoms with van der Waals surface area (Å²) in [7, 11) is 2.86. The highest BCUT2D eigenvalue weighted by Gasteiger charge is 2.37. The molecule has 84 valence electrons. The Morgan fingerprint density at radius 1 is 1.06 bits per heavy atom. The average molecular weight is 222 g/mol. The summed E-state index contributed by atoms with van der Waals surface area (Å²) in [6.45, 7) is 1.76. The monoisotopic (exact) mass is 222 g/mol. The highest BCUT2D eigenvalue weighted by molar-refractivity contribution is 6.17. The Balaban J connectivity index is 2.81. The molecule has 2 rings (SSSR count). The number of hydrogen-bond acceptors (Lipinski definition) is 5. The highest BCUT2D eigenvalue weighted by Crippen LogP contribution is 2.38. The number of carbonyl (C=O) groups is 2. The van der Waals surface area contributed by atoms with Gasteiger partial charge in [0.15, 0.2) is 0 Å². The fourth-order valence-electron chi connectivity index (χ4n) is 1.78. The number of fused-ring (bicyclic) bond motifs is 1. The van der Waals surface area contributed by atoms with Crippen LogP contribution in [0.5, 0.6) is 11.5 Å². The van der Waals surface area contributed by atoms with Crippen LogP contribution >= 0.6 is 0 Å². The molecule has 0 spiro atoms. The first-order chi connectivity index (χ1) is 7.60. The van der Waals surface area contributed by atoms with Crippen molar-refractivity contribution in [1.29, 1.82) is 0 Å². The number of benzene rings is 1. The van der Waals surface area contributed by atoms with Crippen molar-refractivity contribution >= 4 is 11.9 Å². The molecule has 1 aromatic carbocycles. The molecule has 0 radical (unpaired) electrons. The molecule has 1 aromatic rings. The van der Waals surface area contributed by atoms with Crippen molar-refractivity contribution in [3.05, 3.63) is 22.8 Å². The first-order valence-corrected chi connectivity index (χ1v) is 4.62. The summed E-state index contributed by atoms with van der Waals surface area (Å²) < 4.78 is 14.7. The van der Waals surface area contributed by atoms with E-state index in [1.165, 1.54) is 14.2 Å². The van der Waals surface area contributed by atoms with E-state index in [-0.39, 0.29) is 11.1 Å². The van der Waals surface area contributed by atoms with E-state index in [9.17, 15) is 9.59 Å². The fourth-order valence-corrected chi connectivity index (χ4v) is 1.78. The first-order valence-electron chi connectivity index (χ1n) is 4.62. The van der Waals surface area contributed by atoms with Gasteiger partial charge in [0.2, 0.25) is 0 Å². The van der Waals surface area contributed by atoms with Crippen LogP contribution in [0, 0.1) is 6.92 Å². The summed E-state index contributed by atoms with van der Waals surface area (Å²) in [6, 6.07) is 1.64. The second kappa shape index (κ2) is 3.52. The van der Waals surface area contributed by atoms with E-state index in [0.29, 0.717) is 17.1 Å². The van der Waals surface area contributed by atoms with Crippen LogP contribution in [0.25, 0.3) is 0 Å². The fraction of sp³-hybridized carbons (Fsp3) is 0.273. The second-order valence-corrected chi connectivity index (χ2v) is 3.36. The van der Waals surface area contributed by atoms with Gasteiger partial charge in [0, 0.05) is 0 Å².